The summed E-state index contributed by atoms with van der Waals surface area (Å²) in [4.78, 5) is 11.7. The van der Waals surface area contributed by atoms with Crippen molar-refractivity contribution < 1.29 is 9.53 Å². The normalized spacial score (nSPS) is 28.0. The molecule has 0 aromatic carbocycles. The van der Waals surface area contributed by atoms with Crippen LogP contribution in [0.5, 0.6) is 0 Å². The van der Waals surface area contributed by atoms with Gasteiger partial charge >= 0.3 is 0 Å². The molecule has 1 rings (SSSR count). The maximum Gasteiger partial charge on any atom is 0.161 e. The van der Waals surface area contributed by atoms with Crippen molar-refractivity contribution in [2.75, 3.05) is 6.61 Å². The van der Waals surface area contributed by atoms with Gasteiger partial charge in [-0.2, -0.15) is 0 Å². The van der Waals surface area contributed by atoms with Crippen LogP contribution >= 0.6 is 0 Å². The fraction of sp³-hybridized carbons (Fsp3) is 0.917. The summed E-state index contributed by atoms with van der Waals surface area (Å²) in [5.74, 6) is 1.31. The van der Waals surface area contributed by atoms with Crippen LogP contribution in [0.1, 0.15) is 46.5 Å². The Morgan fingerprint density at radius 1 is 1.43 bits per heavy atom. The maximum atomic E-state index is 11.7. The smallest absolute Gasteiger partial charge is 0.161 e. The summed E-state index contributed by atoms with van der Waals surface area (Å²) in [5.41, 5.74) is 0. The van der Waals surface area contributed by atoms with Gasteiger partial charge in [0.25, 0.3) is 0 Å². The van der Waals surface area contributed by atoms with Gasteiger partial charge in [0, 0.05) is 5.92 Å². The van der Waals surface area contributed by atoms with E-state index in [1.807, 2.05) is 13.8 Å². The predicted octanol–water partition coefficient (Wildman–Crippen LogP) is 2.81. The summed E-state index contributed by atoms with van der Waals surface area (Å²) in [7, 11) is 0. The van der Waals surface area contributed by atoms with Crippen LogP contribution in [0, 0.1) is 11.8 Å². The lowest BCUT2D eigenvalue weighted by Gasteiger charge is -2.25. The molecule has 1 fully saturated rings. The predicted molar refractivity (Wildman–Crippen MR) is 57.2 cm³/mol. The quantitative estimate of drug-likeness (QED) is 0.694. The molecule has 1 aliphatic rings. The van der Waals surface area contributed by atoms with Crippen LogP contribution in [0.2, 0.25) is 0 Å². The molecule has 0 aliphatic heterocycles. The van der Waals surface area contributed by atoms with Gasteiger partial charge in [0.15, 0.2) is 5.78 Å². The Balaban J connectivity index is 2.29. The molecule has 1 saturated carbocycles. The SMILES string of the molecule is CC1CCCC(C(=O)COC(C)C)C1. The molecule has 0 aromatic heterocycles. The minimum absolute atomic E-state index is 0.167. The molecule has 2 unspecified atom stereocenters. The average molecular weight is 198 g/mol. The highest BCUT2D eigenvalue weighted by molar-refractivity contribution is 5.82. The van der Waals surface area contributed by atoms with Crippen molar-refractivity contribution in [2.24, 2.45) is 11.8 Å². The molecule has 0 amide bonds. The van der Waals surface area contributed by atoms with Crippen molar-refractivity contribution >= 4 is 5.78 Å². The third kappa shape index (κ3) is 3.79. The second-order valence-electron chi connectivity index (χ2n) is 4.79. The molecule has 1 aliphatic carbocycles. The van der Waals surface area contributed by atoms with Crippen LogP contribution in [0.25, 0.3) is 0 Å². The van der Waals surface area contributed by atoms with Crippen molar-refractivity contribution in [3.63, 3.8) is 0 Å². The summed E-state index contributed by atoms with van der Waals surface area (Å²) in [6.45, 7) is 6.49. The highest BCUT2D eigenvalue weighted by Gasteiger charge is 2.24. The molecule has 0 bridgehead atoms. The first kappa shape index (κ1) is 11.7. The van der Waals surface area contributed by atoms with Crippen LogP contribution in [0.3, 0.4) is 0 Å². The van der Waals surface area contributed by atoms with Gasteiger partial charge in [-0.1, -0.05) is 19.8 Å². The Morgan fingerprint density at radius 2 is 2.14 bits per heavy atom. The van der Waals surface area contributed by atoms with Crippen molar-refractivity contribution in [3.8, 4) is 0 Å². The van der Waals surface area contributed by atoms with Gasteiger partial charge in [-0.15, -0.1) is 0 Å². The zero-order chi connectivity index (χ0) is 10.6. The van der Waals surface area contributed by atoms with E-state index in [9.17, 15) is 4.79 Å². The summed E-state index contributed by atoms with van der Waals surface area (Å²) >= 11 is 0. The highest BCUT2D eigenvalue weighted by atomic mass is 16.5. The first-order valence-electron chi connectivity index (χ1n) is 5.74. The maximum absolute atomic E-state index is 11.7. The first-order valence-corrected chi connectivity index (χ1v) is 5.74. The summed E-state index contributed by atoms with van der Waals surface area (Å²) in [5, 5.41) is 0. The van der Waals surface area contributed by atoms with E-state index in [4.69, 9.17) is 4.74 Å². The number of ketones is 1. The summed E-state index contributed by atoms with van der Waals surface area (Å²) in [6.07, 6.45) is 4.80. The number of ether oxygens (including phenoxy) is 1. The minimum atomic E-state index is 0.167. The molecule has 0 heterocycles. The zero-order valence-corrected chi connectivity index (χ0v) is 9.58. The van der Waals surface area contributed by atoms with Crippen LogP contribution in [0.15, 0.2) is 0 Å². The number of hydrogen-bond donors (Lipinski definition) is 0. The molecule has 2 nitrogen and oxygen atoms in total. The lowest BCUT2D eigenvalue weighted by atomic mass is 9.80. The first-order chi connectivity index (χ1) is 6.59. The topological polar surface area (TPSA) is 26.3 Å². The monoisotopic (exact) mass is 198 g/mol. The third-order valence-electron chi connectivity index (χ3n) is 2.95. The number of carbonyl (C=O) groups is 1. The van der Waals surface area contributed by atoms with E-state index in [2.05, 4.69) is 6.92 Å². The molecule has 14 heavy (non-hydrogen) atoms. The Hall–Kier alpha value is -0.370. The number of carbonyl (C=O) groups excluding carboxylic acids is 1. The van der Waals surface area contributed by atoms with E-state index >= 15 is 0 Å². The van der Waals surface area contributed by atoms with E-state index < -0.39 is 0 Å². The summed E-state index contributed by atoms with van der Waals surface area (Å²) in [6, 6.07) is 0. The number of hydrogen-bond acceptors (Lipinski definition) is 2. The van der Waals surface area contributed by atoms with Crippen molar-refractivity contribution in [1.82, 2.24) is 0 Å². The van der Waals surface area contributed by atoms with Gasteiger partial charge in [-0.3, -0.25) is 4.79 Å². The van der Waals surface area contributed by atoms with Gasteiger partial charge in [0.1, 0.15) is 6.61 Å². The molecule has 0 N–H and O–H groups in total. The van der Waals surface area contributed by atoms with Gasteiger partial charge in [-0.25, -0.2) is 0 Å². The molecule has 2 atom stereocenters. The molecule has 0 radical (unpaired) electrons. The standard InChI is InChI=1S/C12H22O2/c1-9(2)14-8-12(13)11-6-4-5-10(3)7-11/h9-11H,4-8H2,1-3H3. The Morgan fingerprint density at radius 3 is 2.71 bits per heavy atom. The molecule has 82 valence electrons. The van der Waals surface area contributed by atoms with Crippen LogP contribution in [-0.2, 0) is 9.53 Å². The lowest BCUT2D eigenvalue weighted by molar-refractivity contribution is -0.130. The number of rotatable bonds is 4. The van der Waals surface area contributed by atoms with E-state index in [1.54, 1.807) is 0 Å². The Kier molecular flexibility index (Phi) is 4.59. The van der Waals surface area contributed by atoms with Crippen LogP contribution < -0.4 is 0 Å². The Bertz CT molecular complexity index is 187. The van der Waals surface area contributed by atoms with Crippen molar-refractivity contribution in [2.45, 2.75) is 52.6 Å². The largest absolute Gasteiger partial charge is 0.371 e. The van der Waals surface area contributed by atoms with Crippen LogP contribution in [-0.4, -0.2) is 18.5 Å². The van der Waals surface area contributed by atoms with Gasteiger partial charge < -0.3 is 4.74 Å². The zero-order valence-electron chi connectivity index (χ0n) is 9.58. The van der Waals surface area contributed by atoms with E-state index in [0.29, 0.717) is 12.4 Å². The lowest BCUT2D eigenvalue weighted by Crippen LogP contribution is -2.26. The fourth-order valence-corrected chi connectivity index (χ4v) is 2.09. The van der Waals surface area contributed by atoms with Crippen molar-refractivity contribution in [1.29, 1.82) is 0 Å². The molecular weight excluding hydrogens is 176 g/mol. The highest BCUT2D eigenvalue weighted by Crippen LogP contribution is 2.29. The molecule has 0 aromatic rings. The average Bonchev–Trinajstić information content (AvgIpc) is 2.14. The van der Waals surface area contributed by atoms with E-state index in [1.165, 1.54) is 12.8 Å². The third-order valence-corrected chi connectivity index (χ3v) is 2.95. The van der Waals surface area contributed by atoms with E-state index in [-0.39, 0.29) is 12.0 Å². The fourth-order valence-electron chi connectivity index (χ4n) is 2.09. The van der Waals surface area contributed by atoms with Gasteiger partial charge in [0.2, 0.25) is 0 Å². The summed E-state index contributed by atoms with van der Waals surface area (Å²) < 4.78 is 5.34. The van der Waals surface area contributed by atoms with Gasteiger partial charge in [-0.05, 0) is 32.6 Å². The molecule has 2 heteroatoms. The Labute approximate surface area is 87.0 Å². The molecule has 0 spiro atoms. The number of Topliss-reactive ketones (excluding diaryl/α,β-unsaturated/α-hetero) is 1. The van der Waals surface area contributed by atoms with Crippen LogP contribution in [0.4, 0.5) is 0 Å². The van der Waals surface area contributed by atoms with Crippen molar-refractivity contribution in [3.05, 3.63) is 0 Å². The second-order valence-corrected chi connectivity index (χ2v) is 4.79. The minimum Gasteiger partial charge on any atom is -0.371 e. The second kappa shape index (κ2) is 5.50. The van der Waals surface area contributed by atoms with E-state index in [0.717, 1.165) is 18.8 Å². The molecule has 0 saturated heterocycles. The van der Waals surface area contributed by atoms with Gasteiger partial charge in [0.05, 0.1) is 6.10 Å². The molecular formula is C12H22O2.